The smallest absolute Gasteiger partial charge is 0.328 e. The Kier molecular flexibility index (Phi) is 5.42. The molecule has 0 radical (unpaired) electrons. The second kappa shape index (κ2) is 6.63. The molecular weight excluding hydrogens is 261 g/mol. The third-order valence-electron chi connectivity index (χ3n) is 3.32. The van der Waals surface area contributed by atoms with Crippen LogP contribution < -0.4 is 0 Å². The van der Waals surface area contributed by atoms with Crippen molar-refractivity contribution >= 4 is 12.0 Å². The molecule has 0 fully saturated rings. The highest BCUT2D eigenvalue weighted by atomic mass is 19.1. The molecule has 0 spiro atoms. The molecule has 1 aromatic rings. The van der Waals surface area contributed by atoms with Crippen LogP contribution >= 0.6 is 0 Å². The van der Waals surface area contributed by atoms with E-state index in [0.717, 1.165) is 6.08 Å². The van der Waals surface area contributed by atoms with Crippen LogP contribution in [0, 0.1) is 5.82 Å². The number of carboxylic acid groups (broad SMARTS) is 1. The maximum Gasteiger partial charge on any atom is 0.328 e. The predicted octanol–water partition coefficient (Wildman–Crippen LogP) is 2.13. The average molecular weight is 281 g/mol. The second-order valence-corrected chi connectivity index (χ2v) is 5.35. The minimum absolute atomic E-state index is 0.0233. The summed E-state index contributed by atoms with van der Waals surface area (Å²) in [6, 6.07) is 4.59. The first-order valence-electron chi connectivity index (χ1n) is 6.28. The molecule has 110 valence electrons. The summed E-state index contributed by atoms with van der Waals surface area (Å²) in [4.78, 5) is 12.3. The highest BCUT2D eigenvalue weighted by Gasteiger charge is 2.23. The van der Waals surface area contributed by atoms with Crippen LogP contribution in [0.15, 0.2) is 24.3 Å². The molecule has 0 saturated carbocycles. The molecule has 4 nitrogen and oxygen atoms in total. The fraction of sp³-hybridized carbons (Fsp3) is 0.400. The van der Waals surface area contributed by atoms with E-state index in [4.69, 9.17) is 5.11 Å². The van der Waals surface area contributed by atoms with E-state index in [2.05, 4.69) is 0 Å². The Hall–Kier alpha value is -1.72. The molecule has 0 aliphatic rings. The van der Waals surface area contributed by atoms with E-state index in [9.17, 15) is 14.3 Å². The fourth-order valence-corrected chi connectivity index (χ4v) is 1.55. The van der Waals surface area contributed by atoms with Crippen LogP contribution in [-0.4, -0.2) is 40.3 Å². The third kappa shape index (κ3) is 4.43. The van der Waals surface area contributed by atoms with Gasteiger partial charge >= 0.3 is 5.97 Å². The van der Waals surface area contributed by atoms with Crippen LogP contribution in [0.5, 0.6) is 0 Å². The summed E-state index contributed by atoms with van der Waals surface area (Å²) in [7, 11) is 1.81. The maximum absolute atomic E-state index is 14.0. The van der Waals surface area contributed by atoms with Crippen molar-refractivity contribution in [2.45, 2.75) is 25.9 Å². The molecule has 0 aromatic heterocycles. The van der Waals surface area contributed by atoms with Gasteiger partial charge in [0.05, 0.1) is 6.61 Å². The van der Waals surface area contributed by atoms with Crippen LogP contribution in [0.25, 0.3) is 6.08 Å². The number of hydrogen-bond donors (Lipinski definition) is 2. The highest BCUT2D eigenvalue weighted by Crippen LogP contribution is 2.18. The minimum atomic E-state index is -1.07. The van der Waals surface area contributed by atoms with Crippen molar-refractivity contribution in [2.75, 3.05) is 13.7 Å². The zero-order chi connectivity index (χ0) is 15.3. The SMILES string of the molecule is CN(Cc1ccc(/C=C/C(=O)O)cc1F)C(C)(C)CO. The number of carbonyl (C=O) groups is 1. The lowest BCUT2D eigenvalue weighted by Crippen LogP contribution is -2.43. The molecule has 0 unspecified atom stereocenters. The van der Waals surface area contributed by atoms with Crippen molar-refractivity contribution in [3.8, 4) is 0 Å². The van der Waals surface area contributed by atoms with Crippen LogP contribution in [0.1, 0.15) is 25.0 Å². The zero-order valence-corrected chi connectivity index (χ0v) is 11.9. The average Bonchev–Trinajstić information content (AvgIpc) is 2.38. The number of benzene rings is 1. The summed E-state index contributed by atoms with van der Waals surface area (Å²) in [5, 5.41) is 17.8. The lowest BCUT2D eigenvalue weighted by atomic mass is 10.0. The number of aliphatic carboxylic acids is 1. The van der Waals surface area contributed by atoms with E-state index in [1.165, 1.54) is 12.1 Å². The normalized spacial score (nSPS) is 12.3. The summed E-state index contributed by atoms with van der Waals surface area (Å²) in [6.07, 6.45) is 2.31. The number of carboxylic acids is 1. The number of halogens is 1. The number of aliphatic hydroxyl groups excluding tert-OH is 1. The largest absolute Gasteiger partial charge is 0.478 e. The Balaban J connectivity index is 2.86. The van der Waals surface area contributed by atoms with Gasteiger partial charge in [-0.25, -0.2) is 9.18 Å². The lowest BCUT2D eigenvalue weighted by molar-refractivity contribution is -0.131. The number of nitrogens with zero attached hydrogens (tertiary/aromatic N) is 1. The molecule has 0 saturated heterocycles. The number of aliphatic hydroxyl groups is 1. The zero-order valence-electron chi connectivity index (χ0n) is 11.9. The monoisotopic (exact) mass is 281 g/mol. The molecule has 0 atom stereocenters. The summed E-state index contributed by atoms with van der Waals surface area (Å²) < 4.78 is 14.0. The molecule has 1 rings (SSSR count). The molecule has 2 N–H and O–H groups in total. The lowest BCUT2D eigenvalue weighted by Gasteiger charge is -2.34. The molecule has 0 heterocycles. The second-order valence-electron chi connectivity index (χ2n) is 5.35. The van der Waals surface area contributed by atoms with Gasteiger partial charge in [-0.2, -0.15) is 0 Å². The van der Waals surface area contributed by atoms with Gasteiger partial charge in [0.2, 0.25) is 0 Å². The van der Waals surface area contributed by atoms with Gasteiger partial charge in [-0.3, -0.25) is 4.90 Å². The maximum atomic E-state index is 14.0. The predicted molar refractivity (Wildman–Crippen MR) is 75.7 cm³/mol. The van der Waals surface area contributed by atoms with Crippen molar-refractivity contribution < 1.29 is 19.4 Å². The highest BCUT2D eigenvalue weighted by molar-refractivity contribution is 5.85. The van der Waals surface area contributed by atoms with Gasteiger partial charge in [0, 0.05) is 23.7 Å². The summed E-state index contributed by atoms with van der Waals surface area (Å²) in [6.45, 7) is 4.08. The summed E-state index contributed by atoms with van der Waals surface area (Å²) in [5.41, 5.74) is 0.563. The van der Waals surface area contributed by atoms with E-state index >= 15 is 0 Å². The quantitative estimate of drug-likeness (QED) is 0.784. The number of rotatable bonds is 6. The standard InChI is InChI=1S/C15H20FNO3/c1-15(2,10-18)17(3)9-12-6-4-11(8-13(12)16)5-7-14(19)20/h4-8,18H,9-10H2,1-3H3,(H,19,20)/b7-5+. The van der Waals surface area contributed by atoms with Crippen molar-refractivity contribution in [1.82, 2.24) is 4.90 Å². The first kappa shape index (κ1) is 16.3. The van der Waals surface area contributed by atoms with Crippen molar-refractivity contribution in [3.63, 3.8) is 0 Å². The third-order valence-corrected chi connectivity index (χ3v) is 3.32. The van der Waals surface area contributed by atoms with Gasteiger partial charge in [0.1, 0.15) is 5.82 Å². The van der Waals surface area contributed by atoms with E-state index in [1.807, 2.05) is 25.8 Å². The fourth-order valence-electron chi connectivity index (χ4n) is 1.55. The molecular formula is C15H20FNO3. The molecule has 1 aromatic carbocycles. The van der Waals surface area contributed by atoms with E-state index in [0.29, 0.717) is 17.7 Å². The van der Waals surface area contributed by atoms with E-state index in [1.54, 1.807) is 12.1 Å². The molecule has 5 heteroatoms. The summed E-state index contributed by atoms with van der Waals surface area (Å²) in [5.74, 6) is -1.46. The van der Waals surface area contributed by atoms with Crippen LogP contribution in [0.2, 0.25) is 0 Å². The number of likely N-dealkylation sites (N-methyl/N-ethyl adjacent to an activating group) is 1. The molecule has 0 aliphatic carbocycles. The van der Waals surface area contributed by atoms with E-state index < -0.39 is 17.3 Å². The van der Waals surface area contributed by atoms with Crippen molar-refractivity contribution in [3.05, 3.63) is 41.2 Å². The van der Waals surface area contributed by atoms with Gasteiger partial charge in [0.15, 0.2) is 0 Å². The van der Waals surface area contributed by atoms with Crippen LogP contribution in [-0.2, 0) is 11.3 Å². The van der Waals surface area contributed by atoms with Crippen LogP contribution in [0.4, 0.5) is 4.39 Å². The topological polar surface area (TPSA) is 60.8 Å². The first-order chi connectivity index (χ1) is 9.26. The van der Waals surface area contributed by atoms with Crippen LogP contribution in [0.3, 0.4) is 0 Å². The Bertz CT molecular complexity index is 512. The minimum Gasteiger partial charge on any atom is -0.478 e. The number of hydrogen-bond acceptors (Lipinski definition) is 3. The molecule has 0 aliphatic heterocycles. The van der Waals surface area contributed by atoms with Crippen molar-refractivity contribution in [1.29, 1.82) is 0 Å². The Morgan fingerprint density at radius 1 is 1.45 bits per heavy atom. The van der Waals surface area contributed by atoms with Gasteiger partial charge in [0.25, 0.3) is 0 Å². The summed E-state index contributed by atoms with van der Waals surface area (Å²) >= 11 is 0. The molecule has 20 heavy (non-hydrogen) atoms. The Morgan fingerprint density at radius 3 is 2.60 bits per heavy atom. The van der Waals surface area contributed by atoms with Crippen molar-refractivity contribution in [2.24, 2.45) is 0 Å². The van der Waals surface area contributed by atoms with Gasteiger partial charge in [-0.05, 0) is 38.6 Å². The van der Waals surface area contributed by atoms with Gasteiger partial charge < -0.3 is 10.2 Å². The molecule has 0 bridgehead atoms. The van der Waals surface area contributed by atoms with Gasteiger partial charge in [-0.15, -0.1) is 0 Å². The Morgan fingerprint density at radius 2 is 2.10 bits per heavy atom. The first-order valence-corrected chi connectivity index (χ1v) is 6.28. The van der Waals surface area contributed by atoms with Gasteiger partial charge in [-0.1, -0.05) is 12.1 Å². The van der Waals surface area contributed by atoms with E-state index in [-0.39, 0.29) is 6.61 Å². The molecule has 0 amide bonds. The Labute approximate surface area is 118 Å².